The first-order chi connectivity index (χ1) is 5.86. The molecule has 1 aliphatic heterocycles. The van der Waals surface area contributed by atoms with Crippen LogP contribution in [0.1, 0.15) is 5.56 Å². The first kappa shape index (κ1) is 8.73. The van der Waals surface area contributed by atoms with Gasteiger partial charge in [0.1, 0.15) is 0 Å². The van der Waals surface area contributed by atoms with Gasteiger partial charge in [-0.3, -0.25) is 0 Å². The lowest BCUT2D eigenvalue weighted by Gasteiger charge is -1.99. The van der Waals surface area contributed by atoms with Gasteiger partial charge in [-0.05, 0) is 23.1 Å². The normalized spacial score (nSPS) is 16.2. The molecule has 0 radical (unpaired) electrons. The Morgan fingerprint density at radius 3 is 2.50 bits per heavy atom. The third-order valence-electron chi connectivity index (χ3n) is 1.60. The molecule has 0 bridgehead atoms. The molecule has 0 unspecified atom stereocenters. The third-order valence-corrected chi connectivity index (χ3v) is 4.36. The van der Waals surface area contributed by atoms with Crippen molar-refractivity contribution >= 4 is 44.4 Å². The van der Waals surface area contributed by atoms with Crippen molar-refractivity contribution in [3.8, 4) is 0 Å². The van der Waals surface area contributed by atoms with Crippen LogP contribution in [0.15, 0.2) is 34.1 Å². The van der Waals surface area contributed by atoms with Crippen LogP contribution < -0.4 is 0 Å². The second-order valence-corrected chi connectivity index (χ2v) is 5.57. The third kappa shape index (κ3) is 1.90. The Hall–Kier alpha value is 0.140. The summed E-state index contributed by atoms with van der Waals surface area (Å²) in [5.41, 5.74) is 1.33. The van der Waals surface area contributed by atoms with Crippen molar-refractivity contribution in [3.63, 3.8) is 0 Å². The monoisotopic (exact) mass is 258 g/mol. The minimum atomic E-state index is 1.14. The number of thioether (sulfide) groups is 2. The second kappa shape index (κ2) is 3.90. The lowest BCUT2D eigenvalue weighted by molar-refractivity contribution is 1.61. The molecule has 12 heavy (non-hydrogen) atoms. The molecule has 0 N–H and O–H groups in total. The molecule has 1 aromatic carbocycles. The highest BCUT2D eigenvalue weighted by atomic mass is 79.9. The van der Waals surface area contributed by atoms with E-state index in [4.69, 9.17) is 0 Å². The van der Waals surface area contributed by atoms with Gasteiger partial charge in [0.05, 0.1) is 0 Å². The van der Waals surface area contributed by atoms with Crippen LogP contribution in [0.5, 0.6) is 0 Å². The first-order valence-corrected chi connectivity index (χ1v) is 6.39. The molecule has 0 amide bonds. The van der Waals surface area contributed by atoms with Crippen molar-refractivity contribution in [3.05, 3.63) is 39.7 Å². The minimum absolute atomic E-state index is 1.14. The molecule has 0 saturated carbocycles. The fourth-order valence-electron chi connectivity index (χ4n) is 1.01. The van der Waals surface area contributed by atoms with Gasteiger partial charge in [0.2, 0.25) is 0 Å². The van der Waals surface area contributed by atoms with Gasteiger partial charge in [-0.15, -0.1) is 23.5 Å². The Morgan fingerprint density at radius 2 is 1.92 bits per heavy atom. The van der Waals surface area contributed by atoms with Gasteiger partial charge in [-0.2, -0.15) is 0 Å². The summed E-state index contributed by atoms with van der Waals surface area (Å²) >= 11 is 7.20. The molecule has 1 aliphatic rings. The Balaban J connectivity index is 2.28. The zero-order valence-corrected chi connectivity index (χ0v) is 9.51. The lowest BCUT2D eigenvalue weighted by Crippen LogP contribution is -1.75. The number of hydrogen-bond donors (Lipinski definition) is 0. The van der Waals surface area contributed by atoms with Crippen molar-refractivity contribution < 1.29 is 0 Å². The highest BCUT2D eigenvalue weighted by molar-refractivity contribution is 9.10. The van der Waals surface area contributed by atoms with Crippen molar-refractivity contribution in [1.29, 1.82) is 0 Å². The Labute approximate surface area is 88.9 Å². The fraction of sp³-hybridized carbons (Fsp3) is 0.111. The second-order valence-electron chi connectivity index (χ2n) is 2.42. The highest BCUT2D eigenvalue weighted by Crippen LogP contribution is 2.39. The summed E-state index contributed by atoms with van der Waals surface area (Å²) in [5.74, 6) is 0. The molecule has 0 atom stereocenters. The van der Waals surface area contributed by atoms with E-state index in [2.05, 4.69) is 45.6 Å². The molecule has 2 rings (SSSR count). The molecule has 0 spiro atoms. The van der Waals surface area contributed by atoms with Crippen molar-refractivity contribution in [2.45, 2.75) is 0 Å². The van der Waals surface area contributed by atoms with Gasteiger partial charge in [-0.25, -0.2) is 0 Å². The summed E-state index contributed by atoms with van der Waals surface area (Å²) in [4.78, 5) is 1.40. The maximum Gasteiger partial charge on any atom is 0.0481 e. The van der Waals surface area contributed by atoms with Gasteiger partial charge in [0.25, 0.3) is 0 Å². The van der Waals surface area contributed by atoms with E-state index in [0.717, 1.165) is 9.56 Å². The summed E-state index contributed by atoms with van der Waals surface area (Å²) < 4.78 is 1.14. The molecule has 1 heterocycles. The molecule has 62 valence electrons. The molecule has 0 nitrogen and oxygen atoms in total. The smallest absolute Gasteiger partial charge is 0.0481 e. The van der Waals surface area contributed by atoms with E-state index in [1.54, 1.807) is 0 Å². The molecule has 3 heteroatoms. The van der Waals surface area contributed by atoms with E-state index >= 15 is 0 Å². The first-order valence-electron chi connectivity index (χ1n) is 3.57. The summed E-state index contributed by atoms with van der Waals surface area (Å²) in [5, 5.41) is 3.39. The predicted molar refractivity (Wildman–Crippen MR) is 62.2 cm³/mol. The molecular formula is C9H7BrS2. The van der Waals surface area contributed by atoms with E-state index < -0.39 is 0 Å². The van der Waals surface area contributed by atoms with E-state index in [1.165, 1.54) is 10.5 Å². The molecule has 1 aromatic rings. The highest BCUT2D eigenvalue weighted by Gasteiger charge is 2.07. The van der Waals surface area contributed by atoms with E-state index in [-0.39, 0.29) is 0 Å². The SMILES string of the molecule is Brc1ccc(C2=CSCS2)cc1. The summed E-state index contributed by atoms with van der Waals surface area (Å²) in [7, 11) is 0. The van der Waals surface area contributed by atoms with Crippen molar-refractivity contribution in [2.75, 3.05) is 5.08 Å². The molecule has 0 aliphatic carbocycles. The van der Waals surface area contributed by atoms with Crippen LogP contribution in [-0.4, -0.2) is 5.08 Å². The molecule has 0 fully saturated rings. The number of hydrogen-bond acceptors (Lipinski definition) is 2. The zero-order valence-electron chi connectivity index (χ0n) is 6.29. The van der Waals surface area contributed by atoms with Gasteiger partial charge in [-0.1, -0.05) is 28.1 Å². The molecular weight excluding hydrogens is 252 g/mol. The Kier molecular flexibility index (Phi) is 2.84. The van der Waals surface area contributed by atoms with Gasteiger partial charge < -0.3 is 0 Å². The van der Waals surface area contributed by atoms with E-state index in [0.29, 0.717) is 0 Å². The maximum atomic E-state index is 3.42. The Bertz CT molecular complexity index is 303. The Morgan fingerprint density at radius 1 is 1.17 bits per heavy atom. The van der Waals surface area contributed by atoms with Crippen LogP contribution in [0.4, 0.5) is 0 Å². The number of benzene rings is 1. The van der Waals surface area contributed by atoms with Crippen LogP contribution >= 0.6 is 39.5 Å². The van der Waals surface area contributed by atoms with E-state index in [1.807, 2.05) is 23.5 Å². The standard InChI is InChI=1S/C9H7BrS2/c10-8-3-1-7(2-4-8)9-5-11-6-12-9/h1-5H,6H2. The summed E-state index contributed by atoms with van der Waals surface area (Å²) in [6, 6.07) is 8.46. The fourth-order valence-corrected chi connectivity index (χ4v) is 3.39. The van der Waals surface area contributed by atoms with Gasteiger partial charge >= 0.3 is 0 Å². The van der Waals surface area contributed by atoms with Crippen LogP contribution in [0.2, 0.25) is 0 Å². The molecule has 0 aromatic heterocycles. The average Bonchev–Trinajstić information content (AvgIpc) is 2.58. The zero-order chi connectivity index (χ0) is 8.39. The van der Waals surface area contributed by atoms with Crippen LogP contribution in [0, 0.1) is 0 Å². The van der Waals surface area contributed by atoms with Crippen LogP contribution in [0.3, 0.4) is 0 Å². The largest absolute Gasteiger partial charge is 0.122 e. The average molecular weight is 259 g/mol. The van der Waals surface area contributed by atoms with E-state index in [9.17, 15) is 0 Å². The predicted octanol–water partition coefficient (Wildman–Crippen LogP) is 4.19. The van der Waals surface area contributed by atoms with Crippen molar-refractivity contribution in [1.82, 2.24) is 0 Å². The van der Waals surface area contributed by atoms with Crippen LogP contribution in [-0.2, 0) is 0 Å². The van der Waals surface area contributed by atoms with Gasteiger partial charge in [0, 0.05) is 14.5 Å². The van der Waals surface area contributed by atoms with Gasteiger partial charge in [0.15, 0.2) is 0 Å². The summed E-state index contributed by atoms with van der Waals surface area (Å²) in [6.45, 7) is 0. The van der Waals surface area contributed by atoms with Crippen molar-refractivity contribution in [2.24, 2.45) is 0 Å². The summed E-state index contributed by atoms with van der Waals surface area (Å²) in [6.07, 6.45) is 0. The lowest BCUT2D eigenvalue weighted by atomic mass is 10.2. The maximum absolute atomic E-state index is 3.42. The number of halogens is 1. The van der Waals surface area contributed by atoms with Crippen LogP contribution in [0.25, 0.3) is 4.91 Å². The number of rotatable bonds is 1. The quantitative estimate of drug-likeness (QED) is 0.741. The molecule has 0 saturated heterocycles. The topological polar surface area (TPSA) is 0 Å². The minimum Gasteiger partial charge on any atom is -0.122 e.